The van der Waals surface area contributed by atoms with Crippen molar-refractivity contribution in [2.24, 2.45) is 0 Å². The van der Waals surface area contributed by atoms with Gasteiger partial charge in [0.15, 0.2) is 0 Å². The van der Waals surface area contributed by atoms with Crippen molar-refractivity contribution in [2.45, 2.75) is 88.1 Å². The number of aromatic amines is 2. The first kappa shape index (κ1) is 22.1. The molecule has 1 atom stereocenters. The zero-order valence-electron chi connectivity index (χ0n) is 20.4. The summed E-state index contributed by atoms with van der Waals surface area (Å²) in [5.41, 5.74) is 5.90. The second-order valence-corrected chi connectivity index (χ2v) is 10.9. The normalized spacial score (nSPS) is 28.6. The van der Waals surface area contributed by atoms with E-state index < -0.39 is 0 Å². The average molecular weight is 459 g/mol. The fourth-order valence-electron chi connectivity index (χ4n) is 6.71. The highest BCUT2D eigenvalue weighted by Crippen LogP contribution is 2.58. The number of rotatable bonds is 8. The maximum absolute atomic E-state index is 4.79. The van der Waals surface area contributed by atoms with Gasteiger partial charge >= 0.3 is 0 Å². The van der Waals surface area contributed by atoms with E-state index in [1.807, 2.05) is 6.20 Å². The van der Waals surface area contributed by atoms with E-state index in [9.17, 15) is 0 Å². The molecule has 3 aliphatic carbocycles. The predicted octanol–water partition coefficient (Wildman–Crippen LogP) is 5.27. The van der Waals surface area contributed by atoms with Gasteiger partial charge < -0.3 is 20.6 Å². The zero-order chi connectivity index (χ0) is 23.0. The van der Waals surface area contributed by atoms with Gasteiger partial charge in [-0.15, -0.1) is 0 Å². The summed E-state index contributed by atoms with van der Waals surface area (Å²) in [5, 5.41) is 7.00. The highest BCUT2D eigenvalue weighted by atomic mass is 15.0. The molecule has 0 radical (unpaired) electrons. The third-order valence-corrected chi connectivity index (χ3v) is 8.96. The molecule has 4 aliphatic rings. The molecule has 2 aromatic heterocycles. The van der Waals surface area contributed by atoms with Crippen LogP contribution in [0.1, 0.15) is 93.7 Å². The van der Waals surface area contributed by atoms with Crippen molar-refractivity contribution < 1.29 is 0 Å². The molecule has 7 rings (SSSR count). The number of hydrogen-bond acceptors (Lipinski definition) is 4. The third kappa shape index (κ3) is 3.91. The second kappa shape index (κ2) is 8.97. The summed E-state index contributed by atoms with van der Waals surface area (Å²) in [6, 6.07) is 9.75. The van der Waals surface area contributed by atoms with Crippen LogP contribution >= 0.6 is 0 Å². The molecule has 3 heterocycles. The van der Waals surface area contributed by atoms with E-state index in [4.69, 9.17) is 4.98 Å². The van der Waals surface area contributed by atoms with Crippen molar-refractivity contribution in [2.75, 3.05) is 13.1 Å². The molecule has 4 fully saturated rings. The van der Waals surface area contributed by atoms with Gasteiger partial charge in [0.2, 0.25) is 0 Å². The number of aromatic nitrogens is 4. The van der Waals surface area contributed by atoms with Crippen molar-refractivity contribution in [1.29, 1.82) is 0 Å². The summed E-state index contributed by atoms with van der Waals surface area (Å²) in [6.45, 7) is 5.12. The van der Waals surface area contributed by atoms with Crippen LogP contribution in [0, 0.1) is 0 Å². The van der Waals surface area contributed by atoms with E-state index in [1.165, 1.54) is 68.2 Å². The maximum atomic E-state index is 4.79. The van der Waals surface area contributed by atoms with Crippen LogP contribution in [0.5, 0.6) is 0 Å². The van der Waals surface area contributed by atoms with Crippen LogP contribution in [0.2, 0.25) is 0 Å². The standard InChI is InChI=1S/C28H38N6/c1-2-15-29-19-25-31-17-23(33-25)20-5-7-21(8-6-20)27-9-12-28(13-10-27,14-11-27)24-18-32-26(34-24)22-4-3-16-30-22/h5-8,17-18,22,29-30H,2-4,9-16,19H2,1H3,(H,31,33)(H,32,34)/t22-,27?,28?/m0/s1. The molecule has 180 valence electrons. The Hall–Kier alpha value is -2.44. The smallest absolute Gasteiger partial charge is 0.123 e. The van der Waals surface area contributed by atoms with Gasteiger partial charge in [-0.3, -0.25) is 0 Å². The Morgan fingerprint density at radius 3 is 2.41 bits per heavy atom. The van der Waals surface area contributed by atoms with Crippen LogP contribution in [0.3, 0.4) is 0 Å². The van der Waals surface area contributed by atoms with E-state index in [0.29, 0.717) is 16.9 Å². The Balaban J connectivity index is 1.13. The number of benzene rings is 1. The molecule has 1 aromatic carbocycles. The minimum Gasteiger partial charge on any atom is -0.344 e. The van der Waals surface area contributed by atoms with E-state index in [1.54, 1.807) is 0 Å². The Kier molecular flexibility index (Phi) is 5.82. The number of nitrogens with one attached hydrogen (secondary N) is 4. The predicted molar refractivity (Wildman–Crippen MR) is 136 cm³/mol. The topological polar surface area (TPSA) is 81.4 Å². The minimum atomic E-state index is 0.309. The Bertz CT molecular complexity index is 1080. The largest absolute Gasteiger partial charge is 0.344 e. The molecule has 4 N–H and O–H groups in total. The summed E-state index contributed by atoms with van der Waals surface area (Å²) in [4.78, 5) is 16.6. The first-order valence-electron chi connectivity index (χ1n) is 13.3. The lowest BCUT2D eigenvalue weighted by atomic mass is 9.51. The van der Waals surface area contributed by atoms with Gasteiger partial charge in [0.1, 0.15) is 11.6 Å². The van der Waals surface area contributed by atoms with Crippen LogP contribution in [0.15, 0.2) is 36.7 Å². The maximum Gasteiger partial charge on any atom is 0.123 e. The molecule has 1 saturated heterocycles. The Morgan fingerprint density at radius 1 is 0.941 bits per heavy atom. The lowest BCUT2D eigenvalue weighted by molar-refractivity contribution is 0.0989. The number of nitrogens with zero attached hydrogens (tertiary/aromatic N) is 2. The quantitative estimate of drug-likeness (QED) is 0.347. The fraction of sp³-hybridized carbons (Fsp3) is 0.571. The lowest BCUT2D eigenvalue weighted by Gasteiger charge is -2.53. The molecule has 34 heavy (non-hydrogen) atoms. The summed E-state index contributed by atoms with van der Waals surface area (Å²) in [6.07, 6.45) is 15.3. The Morgan fingerprint density at radius 2 is 1.71 bits per heavy atom. The summed E-state index contributed by atoms with van der Waals surface area (Å²) >= 11 is 0. The van der Waals surface area contributed by atoms with Crippen molar-refractivity contribution in [3.63, 3.8) is 0 Å². The molecule has 0 spiro atoms. The highest BCUT2D eigenvalue weighted by Gasteiger charge is 2.50. The molecule has 6 nitrogen and oxygen atoms in total. The van der Waals surface area contributed by atoms with E-state index in [0.717, 1.165) is 43.4 Å². The molecule has 0 unspecified atom stereocenters. The summed E-state index contributed by atoms with van der Waals surface area (Å²) in [5.74, 6) is 2.16. The van der Waals surface area contributed by atoms with Crippen molar-refractivity contribution in [3.8, 4) is 11.3 Å². The average Bonchev–Trinajstić information content (AvgIpc) is 3.67. The lowest BCUT2D eigenvalue weighted by Crippen LogP contribution is -2.46. The molecule has 6 heteroatoms. The molecule has 1 aliphatic heterocycles. The van der Waals surface area contributed by atoms with Gasteiger partial charge in [0.25, 0.3) is 0 Å². The molecule has 3 saturated carbocycles. The van der Waals surface area contributed by atoms with Crippen LogP contribution in [0.25, 0.3) is 11.3 Å². The number of hydrogen-bond donors (Lipinski definition) is 4. The van der Waals surface area contributed by atoms with Crippen LogP contribution in [0.4, 0.5) is 0 Å². The second-order valence-electron chi connectivity index (χ2n) is 10.9. The van der Waals surface area contributed by atoms with Crippen molar-refractivity contribution in [1.82, 2.24) is 30.6 Å². The van der Waals surface area contributed by atoms with Crippen LogP contribution in [-0.4, -0.2) is 33.0 Å². The number of fused-ring (bicyclic) bond motifs is 3. The van der Waals surface area contributed by atoms with Gasteiger partial charge in [0.05, 0.1) is 24.5 Å². The van der Waals surface area contributed by atoms with Gasteiger partial charge in [-0.1, -0.05) is 31.2 Å². The first-order valence-corrected chi connectivity index (χ1v) is 13.3. The fourth-order valence-corrected chi connectivity index (χ4v) is 6.71. The van der Waals surface area contributed by atoms with E-state index >= 15 is 0 Å². The van der Waals surface area contributed by atoms with Crippen molar-refractivity contribution >= 4 is 0 Å². The first-order chi connectivity index (χ1) is 16.7. The van der Waals surface area contributed by atoms with E-state index in [2.05, 4.69) is 63.0 Å². The van der Waals surface area contributed by atoms with Crippen LogP contribution in [-0.2, 0) is 17.4 Å². The van der Waals surface area contributed by atoms with Gasteiger partial charge in [-0.25, -0.2) is 9.97 Å². The van der Waals surface area contributed by atoms with Crippen LogP contribution < -0.4 is 10.6 Å². The molecule has 0 amide bonds. The molecular formula is C28H38N6. The van der Waals surface area contributed by atoms with Gasteiger partial charge in [0, 0.05) is 17.3 Å². The van der Waals surface area contributed by atoms with E-state index in [-0.39, 0.29) is 0 Å². The zero-order valence-corrected chi connectivity index (χ0v) is 20.4. The third-order valence-electron chi connectivity index (χ3n) is 8.96. The number of imidazole rings is 2. The number of H-pyrrole nitrogens is 2. The molecular weight excluding hydrogens is 420 g/mol. The summed E-state index contributed by atoms with van der Waals surface area (Å²) in [7, 11) is 0. The monoisotopic (exact) mass is 458 g/mol. The van der Waals surface area contributed by atoms with Crippen molar-refractivity contribution in [3.05, 3.63) is 59.6 Å². The SMILES string of the molecule is CCCNCc1ncc(-c2ccc(C34CCC(c5cnc([C@@H]6CCCN6)[nH]5)(CC3)CC4)cc2)[nH]1. The van der Waals surface area contributed by atoms with Gasteiger partial charge in [-0.05, 0) is 87.4 Å². The Labute approximate surface area is 202 Å². The van der Waals surface area contributed by atoms with Gasteiger partial charge in [-0.2, -0.15) is 0 Å². The molecule has 2 bridgehead atoms. The molecule has 3 aromatic rings. The summed E-state index contributed by atoms with van der Waals surface area (Å²) < 4.78 is 0. The minimum absolute atomic E-state index is 0.309. The highest BCUT2D eigenvalue weighted by molar-refractivity contribution is 5.59.